The van der Waals surface area contributed by atoms with E-state index in [0.29, 0.717) is 18.5 Å². The molecule has 1 rings (SSSR count). The van der Waals surface area contributed by atoms with Crippen LogP contribution in [0.2, 0.25) is 0 Å². The van der Waals surface area contributed by atoms with Crippen LogP contribution >= 0.6 is 0 Å². The second kappa shape index (κ2) is 7.11. The Kier molecular flexibility index (Phi) is 5.78. The van der Waals surface area contributed by atoms with Crippen molar-refractivity contribution in [1.82, 2.24) is 10.2 Å². The van der Waals surface area contributed by atoms with E-state index in [9.17, 15) is 9.18 Å². The number of hydrogen-bond donors (Lipinski definition) is 1. The van der Waals surface area contributed by atoms with Gasteiger partial charge >= 0.3 is 0 Å². The van der Waals surface area contributed by atoms with E-state index < -0.39 is 0 Å². The maximum Gasteiger partial charge on any atom is 0.222 e. The predicted octanol–water partition coefficient (Wildman–Crippen LogP) is 2.34. The summed E-state index contributed by atoms with van der Waals surface area (Å²) in [4.78, 5) is 12.9. The zero-order chi connectivity index (χ0) is 13.5. The summed E-state index contributed by atoms with van der Waals surface area (Å²) in [6.45, 7) is 2.63. The Labute approximate surface area is 108 Å². The van der Waals surface area contributed by atoms with Crippen LogP contribution < -0.4 is 5.32 Å². The number of nitrogens with one attached hydrogen (secondary N) is 1. The molecule has 4 heteroatoms. The molecule has 1 aromatic carbocycles. The highest BCUT2D eigenvalue weighted by molar-refractivity contribution is 5.75. The smallest absolute Gasteiger partial charge is 0.222 e. The lowest BCUT2D eigenvalue weighted by Crippen LogP contribution is -2.25. The van der Waals surface area contributed by atoms with Crippen molar-refractivity contribution in [3.8, 4) is 0 Å². The molecule has 1 amide bonds. The molecule has 0 radical (unpaired) electrons. The first kappa shape index (κ1) is 14.6. The largest absolute Gasteiger partial charge is 0.349 e. The first-order valence-corrected chi connectivity index (χ1v) is 6.20. The van der Waals surface area contributed by atoms with Crippen LogP contribution in [0.4, 0.5) is 4.39 Å². The van der Waals surface area contributed by atoms with Gasteiger partial charge in [-0.15, -0.1) is 0 Å². The van der Waals surface area contributed by atoms with Crippen molar-refractivity contribution in [1.29, 1.82) is 0 Å². The van der Waals surface area contributed by atoms with E-state index in [2.05, 4.69) is 5.32 Å². The van der Waals surface area contributed by atoms with Crippen LogP contribution in [0.3, 0.4) is 0 Å². The average molecular weight is 252 g/mol. The summed E-state index contributed by atoms with van der Waals surface area (Å²) >= 11 is 0. The lowest BCUT2D eigenvalue weighted by atomic mass is 10.1. The van der Waals surface area contributed by atoms with Crippen LogP contribution in [0.15, 0.2) is 24.3 Å². The standard InChI is InChI=1S/C14H21FN2O/c1-11(12-7-4-5-8-13(12)15)16-10-6-9-14(18)17(2)3/h4-5,7-8,11,16H,6,9-10H2,1-3H3/t11-/m1/s1. The molecule has 0 aromatic heterocycles. The highest BCUT2D eigenvalue weighted by atomic mass is 19.1. The fraction of sp³-hybridized carbons (Fsp3) is 0.500. The van der Waals surface area contributed by atoms with Crippen LogP contribution in [-0.4, -0.2) is 31.4 Å². The summed E-state index contributed by atoms with van der Waals surface area (Å²) in [6, 6.07) is 6.70. The lowest BCUT2D eigenvalue weighted by molar-refractivity contribution is -0.128. The molecule has 0 aliphatic carbocycles. The van der Waals surface area contributed by atoms with Gasteiger partial charge in [-0.1, -0.05) is 18.2 Å². The van der Waals surface area contributed by atoms with E-state index in [4.69, 9.17) is 0 Å². The summed E-state index contributed by atoms with van der Waals surface area (Å²) in [5.74, 6) is -0.0720. The number of amides is 1. The molecular formula is C14H21FN2O. The molecular weight excluding hydrogens is 231 g/mol. The number of benzene rings is 1. The average Bonchev–Trinajstić information content (AvgIpc) is 2.34. The monoisotopic (exact) mass is 252 g/mol. The zero-order valence-electron chi connectivity index (χ0n) is 11.2. The lowest BCUT2D eigenvalue weighted by Gasteiger charge is -2.15. The minimum absolute atomic E-state index is 0.0411. The molecule has 0 saturated carbocycles. The third-order valence-electron chi connectivity index (χ3n) is 2.89. The normalized spacial score (nSPS) is 12.2. The maximum absolute atomic E-state index is 13.5. The molecule has 100 valence electrons. The Morgan fingerprint density at radius 1 is 1.39 bits per heavy atom. The molecule has 0 aliphatic heterocycles. The number of halogens is 1. The van der Waals surface area contributed by atoms with Crippen LogP contribution in [0.25, 0.3) is 0 Å². The number of nitrogens with zero attached hydrogens (tertiary/aromatic N) is 1. The molecule has 0 saturated heterocycles. The number of carbonyl (C=O) groups is 1. The van der Waals surface area contributed by atoms with E-state index >= 15 is 0 Å². The van der Waals surface area contributed by atoms with E-state index in [1.54, 1.807) is 31.1 Å². The molecule has 0 heterocycles. The highest BCUT2D eigenvalue weighted by Gasteiger charge is 2.09. The Hall–Kier alpha value is -1.42. The fourth-order valence-corrected chi connectivity index (χ4v) is 1.72. The number of rotatable bonds is 6. The molecule has 1 atom stereocenters. The van der Waals surface area contributed by atoms with E-state index in [1.807, 2.05) is 13.0 Å². The molecule has 0 spiro atoms. The van der Waals surface area contributed by atoms with Gasteiger partial charge in [0.05, 0.1) is 0 Å². The third kappa shape index (κ3) is 4.45. The second-order valence-corrected chi connectivity index (χ2v) is 4.59. The summed E-state index contributed by atoms with van der Waals surface area (Å²) in [5.41, 5.74) is 0.663. The van der Waals surface area contributed by atoms with Gasteiger partial charge in [0.2, 0.25) is 5.91 Å². The van der Waals surface area contributed by atoms with E-state index in [1.165, 1.54) is 6.07 Å². The molecule has 18 heavy (non-hydrogen) atoms. The molecule has 3 nitrogen and oxygen atoms in total. The van der Waals surface area contributed by atoms with Crippen molar-refractivity contribution in [3.05, 3.63) is 35.6 Å². The third-order valence-corrected chi connectivity index (χ3v) is 2.89. The fourth-order valence-electron chi connectivity index (χ4n) is 1.72. The van der Waals surface area contributed by atoms with Crippen LogP contribution in [0, 0.1) is 5.82 Å². The summed E-state index contributed by atoms with van der Waals surface area (Å²) < 4.78 is 13.5. The maximum atomic E-state index is 13.5. The van der Waals surface area contributed by atoms with E-state index in [-0.39, 0.29) is 17.8 Å². The SMILES string of the molecule is C[C@@H](NCCCC(=O)N(C)C)c1ccccc1F. The Bertz CT molecular complexity index is 393. The van der Waals surface area contributed by atoms with E-state index in [0.717, 1.165) is 6.42 Å². The zero-order valence-corrected chi connectivity index (χ0v) is 11.2. The highest BCUT2D eigenvalue weighted by Crippen LogP contribution is 2.15. The van der Waals surface area contributed by atoms with Crippen molar-refractivity contribution < 1.29 is 9.18 Å². The van der Waals surface area contributed by atoms with Gasteiger partial charge in [-0.05, 0) is 26.0 Å². The van der Waals surface area contributed by atoms with Crippen LogP contribution in [0.1, 0.15) is 31.4 Å². The summed E-state index contributed by atoms with van der Waals surface area (Å²) in [6.07, 6.45) is 1.28. The van der Waals surface area contributed by atoms with Gasteiger partial charge in [0, 0.05) is 32.1 Å². The first-order chi connectivity index (χ1) is 8.52. The minimum atomic E-state index is -0.193. The van der Waals surface area contributed by atoms with Gasteiger partial charge in [0.15, 0.2) is 0 Å². The van der Waals surface area contributed by atoms with Gasteiger partial charge in [0.1, 0.15) is 5.82 Å². The van der Waals surface area contributed by atoms with Gasteiger partial charge in [-0.25, -0.2) is 4.39 Å². The molecule has 0 bridgehead atoms. The molecule has 0 unspecified atom stereocenters. The first-order valence-electron chi connectivity index (χ1n) is 6.20. The van der Waals surface area contributed by atoms with Crippen LogP contribution in [0.5, 0.6) is 0 Å². The van der Waals surface area contributed by atoms with Crippen molar-refractivity contribution in [2.24, 2.45) is 0 Å². The van der Waals surface area contributed by atoms with Crippen molar-refractivity contribution in [2.45, 2.75) is 25.8 Å². The van der Waals surface area contributed by atoms with Crippen LogP contribution in [-0.2, 0) is 4.79 Å². The molecule has 1 N–H and O–H groups in total. The number of hydrogen-bond acceptors (Lipinski definition) is 2. The van der Waals surface area contributed by atoms with Gasteiger partial charge in [-0.3, -0.25) is 4.79 Å². The second-order valence-electron chi connectivity index (χ2n) is 4.59. The molecule has 1 aromatic rings. The van der Waals surface area contributed by atoms with Crippen molar-refractivity contribution in [3.63, 3.8) is 0 Å². The van der Waals surface area contributed by atoms with Gasteiger partial charge < -0.3 is 10.2 Å². The van der Waals surface area contributed by atoms with Crippen molar-refractivity contribution >= 4 is 5.91 Å². The minimum Gasteiger partial charge on any atom is -0.349 e. The summed E-state index contributed by atoms with van der Waals surface area (Å²) in [5, 5.41) is 3.22. The van der Waals surface area contributed by atoms with Gasteiger partial charge in [-0.2, -0.15) is 0 Å². The quantitative estimate of drug-likeness (QED) is 0.788. The van der Waals surface area contributed by atoms with Gasteiger partial charge in [0.25, 0.3) is 0 Å². The predicted molar refractivity (Wildman–Crippen MR) is 70.7 cm³/mol. The topological polar surface area (TPSA) is 32.3 Å². The molecule has 0 fully saturated rings. The van der Waals surface area contributed by atoms with Crippen molar-refractivity contribution in [2.75, 3.05) is 20.6 Å². The number of carbonyl (C=O) groups excluding carboxylic acids is 1. The molecule has 0 aliphatic rings. The Morgan fingerprint density at radius 2 is 2.06 bits per heavy atom. The summed E-state index contributed by atoms with van der Waals surface area (Å²) in [7, 11) is 3.50. The Morgan fingerprint density at radius 3 is 2.67 bits per heavy atom. The Balaban J connectivity index is 2.32.